The first kappa shape index (κ1) is 10.4. The zero-order valence-electron chi connectivity index (χ0n) is 6.42. The van der Waals surface area contributed by atoms with Crippen molar-refractivity contribution in [3.05, 3.63) is 15.0 Å². The Hall–Kier alpha value is 0.270. The van der Waals surface area contributed by atoms with Crippen LogP contribution in [0.25, 0.3) is 0 Å². The largest absolute Gasteiger partial charge is 0.198 e. The average Bonchev–Trinajstić information content (AvgIpc) is 2.45. The molecular weight excluding hydrogens is 301 g/mol. The molecule has 0 amide bonds. The van der Waals surface area contributed by atoms with Gasteiger partial charge in [-0.3, -0.25) is 0 Å². The van der Waals surface area contributed by atoms with Crippen LogP contribution in [0.15, 0.2) is 16.3 Å². The maximum Gasteiger partial charge on any atom is 0.0665 e. The zero-order valence-corrected chi connectivity index (χ0v) is 10.2. The predicted octanol–water partition coefficient (Wildman–Crippen LogP) is 3.75. The summed E-state index contributed by atoms with van der Waals surface area (Å²) in [5.74, 6) is 1.06. The highest BCUT2D eigenvalue weighted by molar-refractivity contribution is 14.1. The first-order chi connectivity index (χ1) is 5.83. The standard InChI is InChI=1S/C8H8INS2/c9-7-3-4-8(12-7)11-6-2-1-5-10/h3-4H,1-2,6H2. The second kappa shape index (κ2) is 5.84. The van der Waals surface area contributed by atoms with Crippen molar-refractivity contribution in [2.24, 2.45) is 0 Å². The average molecular weight is 309 g/mol. The van der Waals surface area contributed by atoms with E-state index in [1.165, 1.54) is 7.09 Å². The summed E-state index contributed by atoms with van der Waals surface area (Å²) >= 11 is 5.98. The van der Waals surface area contributed by atoms with Crippen LogP contribution in [0.1, 0.15) is 12.8 Å². The van der Waals surface area contributed by atoms with E-state index in [-0.39, 0.29) is 0 Å². The number of halogens is 1. The van der Waals surface area contributed by atoms with Gasteiger partial charge in [-0.05, 0) is 46.9 Å². The topological polar surface area (TPSA) is 23.8 Å². The van der Waals surface area contributed by atoms with E-state index in [2.05, 4.69) is 40.8 Å². The lowest BCUT2D eigenvalue weighted by molar-refractivity contribution is 0.982. The van der Waals surface area contributed by atoms with Gasteiger partial charge in [0.25, 0.3) is 0 Å². The van der Waals surface area contributed by atoms with E-state index in [9.17, 15) is 0 Å². The third-order valence-electron chi connectivity index (χ3n) is 1.23. The van der Waals surface area contributed by atoms with Gasteiger partial charge in [0.15, 0.2) is 0 Å². The summed E-state index contributed by atoms with van der Waals surface area (Å²) in [6, 6.07) is 6.41. The maximum absolute atomic E-state index is 8.31. The quantitative estimate of drug-likeness (QED) is 0.480. The molecule has 0 aromatic carbocycles. The molecule has 1 heterocycles. The van der Waals surface area contributed by atoms with E-state index in [4.69, 9.17) is 5.26 Å². The Bertz CT molecular complexity index is 277. The summed E-state index contributed by atoms with van der Waals surface area (Å²) in [5, 5.41) is 8.31. The first-order valence-corrected chi connectivity index (χ1v) is 6.46. The van der Waals surface area contributed by atoms with Gasteiger partial charge in [0.05, 0.1) is 13.2 Å². The van der Waals surface area contributed by atoms with E-state index in [0.29, 0.717) is 6.42 Å². The molecule has 0 unspecified atom stereocenters. The molecule has 0 radical (unpaired) electrons. The molecule has 0 fully saturated rings. The van der Waals surface area contributed by atoms with Gasteiger partial charge in [-0.1, -0.05) is 0 Å². The highest BCUT2D eigenvalue weighted by Gasteiger charge is 1.97. The Morgan fingerprint density at radius 2 is 2.42 bits per heavy atom. The highest BCUT2D eigenvalue weighted by Crippen LogP contribution is 2.28. The van der Waals surface area contributed by atoms with E-state index in [0.717, 1.165) is 12.2 Å². The molecule has 0 N–H and O–H groups in total. The van der Waals surface area contributed by atoms with Crippen LogP contribution in [-0.4, -0.2) is 5.75 Å². The van der Waals surface area contributed by atoms with Gasteiger partial charge in [0.2, 0.25) is 0 Å². The lowest BCUT2D eigenvalue weighted by Crippen LogP contribution is -1.75. The number of nitriles is 1. The predicted molar refractivity (Wildman–Crippen MR) is 62.6 cm³/mol. The molecule has 0 bridgehead atoms. The normalized spacial score (nSPS) is 9.67. The molecule has 4 heteroatoms. The van der Waals surface area contributed by atoms with Gasteiger partial charge in [-0.15, -0.1) is 23.1 Å². The van der Waals surface area contributed by atoms with Gasteiger partial charge >= 0.3 is 0 Å². The molecule has 0 aliphatic heterocycles. The van der Waals surface area contributed by atoms with Crippen LogP contribution >= 0.6 is 45.7 Å². The van der Waals surface area contributed by atoms with Crippen LogP contribution in [0.2, 0.25) is 0 Å². The summed E-state index contributed by atoms with van der Waals surface area (Å²) in [6.07, 6.45) is 1.67. The van der Waals surface area contributed by atoms with Crippen molar-refractivity contribution in [2.45, 2.75) is 17.1 Å². The van der Waals surface area contributed by atoms with Gasteiger partial charge in [-0.25, -0.2) is 0 Å². The van der Waals surface area contributed by atoms with Gasteiger partial charge in [-0.2, -0.15) is 5.26 Å². The summed E-state index contributed by atoms with van der Waals surface area (Å²) in [6.45, 7) is 0. The Morgan fingerprint density at radius 1 is 1.58 bits per heavy atom. The summed E-state index contributed by atoms with van der Waals surface area (Å²) in [4.78, 5) is 0. The smallest absolute Gasteiger partial charge is 0.0665 e. The van der Waals surface area contributed by atoms with Crippen molar-refractivity contribution in [3.63, 3.8) is 0 Å². The van der Waals surface area contributed by atoms with Crippen molar-refractivity contribution in [1.29, 1.82) is 5.26 Å². The Morgan fingerprint density at radius 3 is 3.00 bits per heavy atom. The Kier molecular flexibility index (Phi) is 5.04. The monoisotopic (exact) mass is 309 g/mol. The fraction of sp³-hybridized carbons (Fsp3) is 0.375. The minimum Gasteiger partial charge on any atom is -0.198 e. The van der Waals surface area contributed by atoms with Crippen LogP contribution in [0, 0.1) is 14.2 Å². The van der Waals surface area contributed by atoms with Crippen molar-refractivity contribution in [3.8, 4) is 6.07 Å². The lowest BCUT2D eigenvalue weighted by Gasteiger charge is -1.92. The van der Waals surface area contributed by atoms with Crippen LogP contribution in [-0.2, 0) is 0 Å². The summed E-state index contributed by atoms with van der Waals surface area (Å²) in [7, 11) is 0. The number of unbranched alkanes of at least 4 members (excludes halogenated alkanes) is 1. The molecule has 0 spiro atoms. The minimum absolute atomic E-state index is 0.676. The molecule has 0 atom stereocenters. The molecule has 0 saturated heterocycles. The Balaban J connectivity index is 2.21. The van der Waals surface area contributed by atoms with E-state index in [1.54, 1.807) is 0 Å². The summed E-state index contributed by atoms with van der Waals surface area (Å²) in [5.41, 5.74) is 0. The van der Waals surface area contributed by atoms with Crippen molar-refractivity contribution < 1.29 is 0 Å². The number of hydrogen-bond donors (Lipinski definition) is 0. The van der Waals surface area contributed by atoms with Gasteiger partial charge < -0.3 is 0 Å². The van der Waals surface area contributed by atoms with Crippen LogP contribution in [0.4, 0.5) is 0 Å². The summed E-state index contributed by atoms with van der Waals surface area (Å²) < 4.78 is 2.69. The number of hydrogen-bond acceptors (Lipinski definition) is 3. The molecule has 0 saturated carbocycles. The maximum atomic E-state index is 8.31. The molecule has 0 aliphatic carbocycles. The van der Waals surface area contributed by atoms with Crippen LogP contribution in [0.3, 0.4) is 0 Å². The number of thioether (sulfide) groups is 1. The van der Waals surface area contributed by atoms with Crippen LogP contribution in [0.5, 0.6) is 0 Å². The molecular formula is C8H8INS2. The molecule has 1 rings (SSSR count). The third kappa shape index (κ3) is 3.78. The van der Waals surface area contributed by atoms with E-state index >= 15 is 0 Å². The first-order valence-electron chi connectivity index (χ1n) is 3.58. The van der Waals surface area contributed by atoms with Crippen molar-refractivity contribution in [2.75, 3.05) is 5.75 Å². The van der Waals surface area contributed by atoms with Gasteiger partial charge in [0.1, 0.15) is 0 Å². The second-order valence-corrected chi connectivity index (χ2v) is 6.54. The molecule has 1 aromatic heterocycles. The number of thiophene rings is 1. The molecule has 64 valence electrons. The Labute approximate surface area is 94.3 Å². The fourth-order valence-corrected chi connectivity index (χ4v) is 3.91. The molecule has 1 nitrogen and oxygen atoms in total. The minimum atomic E-state index is 0.676. The van der Waals surface area contributed by atoms with Crippen molar-refractivity contribution in [1.82, 2.24) is 0 Å². The SMILES string of the molecule is N#CCCCSc1ccc(I)s1. The highest BCUT2D eigenvalue weighted by atomic mass is 127. The number of rotatable bonds is 4. The van der Waals surface area contributed by atoms with Crippen LogP contribution < -0.4 is 0 Å². The van der Waals surface area contributed by atoms with E-state index in [1.807, 2.05) is 23.1 Å². The number of nitrogens with zero attached hydrogens (tertiary/aromatic N) is 1. The molecule has 12 heavy (non-hydrogen) atoms. The van der Waals surface area contributed by atoms with Crippen molar-refractivity contribution >= 4 is 45.7 Å². The second-order valence-electron chi connectivity index (χ2n) is 2.17. The third-order valence-corrected chi connectivity index (χ3v) is 4.43. The molecule has 0 aliphatic rings. The fourth-order valence-electron chi connectivity index (χ4n) is 0.699. The zero-order chi connectivity index (χ0) is 8.81. The molecule has 1 aromatic rings. The van der Waals surface area contributed by atoms with Gasteiger partial charge in [0, 0.05) is 6.42 Å². The lowest BCUT2D eigenvalue weighted by atomic mass is 10.4. The van der Waals surface area contributed by atoms with E-state index < -0.39 is 0 Å².